The van der Waals surface area contributed by atoms with Gasteiger partial charge in [-0.1, -0.05) is 36.4 Å². The first-order valence-corrected chi connectivity index (χ1v) is 7.91. The minimum Gasteiger partial charge on any atom is -0.567 e. The highest BCUT2D eigenvalue weighted by Gasteiger charge is 2.13. The van der Waals surface area contributed by atoms with Crippen molar-refractivity contribution in [3.05, 3.63) is 82.2 Å². The Labute approximate surface area is 150 Å². The SMILES string of the molecule is O=C(OCC/[N+]([O-])=[N+](\[O-])CCOC(=O)c1ccccc1)c1ccccc1. The van der Waals surface area contributed by atoms with Gasteiger partial charge in [-0.15, -0.1) is 0 Å². The molecule has 0 spiro atoms. The van der Waals surface area contributed by atoms with Crippen molar-refractivity contribution in [3.63, 3.8) is 0 Å². The fourth-order valence-electron chi connectivity index (χ4n) is 1.97. The lowest BCUT2D eigenvalue weighted by atomic mass is 10.2. The van der Waals surface area contributed by atoms with E-state index in [0.717, 1.165) is 0 Å². The third kappa shape index (κ3) is 5.90. The maximum atomic E-state index is 11.7. The molecule has 136 valence electrons. The standard InChI is InChI=1S/C18H18N2O6/c21-17(15-7-3-1-4-8-15)25-13-11-19(23)20(24)12-14-26-18(22)16-9-5-2-6-10-16/h1-10H,11-14H2/b20-19+. The van der Waals surface area contributed by atoms with Crippen LogP contribution in [0.25, 0.3) is 0 Å². The summed E-state index contributed by atoms with van der Waals surface area (Å²) in [5, 5.41) is 23.2. The molecule has 0 heterocycles. The molecule has 0 unspecified atom stereocenters. The number of rotatable bonds is 8. The Bertz CT molecular complexity index is 696. The molecule has 2 aromatic carbocycles. The molecule has 0 aliphatic carbocycles. The lowest BCUT2D eigenvalue weighted by Crippen LogP contribution is -2.26. The zero-order chi connectivity index (χ0) is 18.8. The summed E-state index contributed by atoms with van der Waals surface area (Å²) < 4.78 is 9.84. The molecule has 0 atom stereocenters. The summed E-state index contributed by atoms with van der Waals surface area (Å²) in [7, 11) is 0. The Morgan fingerprint density at radius 3 is 1.38 bits per heavy atom. The van der Waals surface area contributed by atoms with Gasteiger partial charge in [-0.05, 0) is 24.3 Å². The van der Waals surface area contributed by atoms with Gasteiger partial charge in [0.2, 0.25) is 0 Å². The molecule has 8 nitrogen and oxygen atoms in total. The van der Waals surface area contributed by atoms with E-state index in [4.69, 9.17) is 9.47 Å². The maximum absolute atomic E-state index is 11.7. The molecule has 0 saturated carbocycles. The average molecular weight is 358 g/mol. The first kappa shape index (κ1) is 18.9. The Balaban J connectivity index is 1.71. The van der Waals surface area contributed by atoms with Crippen LogP contribution >= 0.6 is 0 Å². The second-order valence-electron chi connectivity index (χ2n) is 5.16. The monoisotopic (exact) mass is 358 g/mol. The Hall–Kier alpha value is -3.42. The van der Waals surface area contributed by atoms with Gasteiger partial charge >= 0.3 is 11.9 Å². The number of carbonyl (C=O) groups excluding carboxylic acids is 2. The summed E-state index contributed by atoms with van der Waals surface area (Å²) in [6.45, 7) is -1.12. The van der Waals surface area contributed by atoms with E-state index in [1.54, 1.807) is 60.7 Å². The summed E-state index contributed by atoms with van der Waals surface area (Å²) in [6.07, 6.45) is 0. The number of hydroxylamine groups is 2. The van der Waals surface area contributed by atoms with Crippen LogP contribution < -0.4 is 0 Å². The zero-order valence-electron chi connectivity index (χ0n) is 13.9. The third-order valence-electron chi connectivity index (χ3n) is 3.30. The highest BCUT2D eigenvalue weighted by Crippen LogP contribution is 2.01. The quantitative estimate of drug-likeness (QED) is 0.310. The first-order chi connectivity index (χ1) is 12.6. The summed E-state index contributed by atoms with van der Waals surface area (Å²) in [6, 6.07) is 16.6. The van der Waals surface area contributed by atoms with Crippen molar-refractivity contribution in [2.75, 3.05) is 26.3 Å². The summed E-state index contributed by atoms with van der Waals surface area (Å²) in [4.78, 5) is 23.6. The van der Waals surface area contributed by atoms with Crippen LogP contribution in [0.15, 0.2) is 60.7 Å². The van der Waals surface area contributed by atoms with Crippen molar-refractivity contribution in [3.8, 4) is 0 Å². The van der Waals surface area contributed by atoms with Crippen molar-refractivity contribution in [2.45, 2.75) is 0 Å². The predicted octanol–water partition coefficient (Wildman–Crippen LogP) is 2.17. The molecule has 2 rings (SSSR count). The molecule has 0 fully saturated rings. The fraction of sp³-hybridized carbons (Fsp3) is 0.222. The van der Waals surface area contributed by atoms with Gasteiger partial charge in [-0.3, -0.25) is 0 Å². The second kappa shape index (κ2) is 9.77. The van der Waals surface area contributed by atoms with Gasteiger partial charge in [-0.25, -0.2) is 9.59 Å². The molecular weight excluding hydrogens is 340 g/mol. The Kier molecular flexibility index (Phi) is 7.11. The molecule has 2 aromatic rings. The molecule has 0 aromatic heterocycles. The molecule has 0 N–H and O–H groups in total. The average Bonchev–Trinajstić information content (AvgIpc) is 2.68. The smallest absolute Gasteiger partial charge is 0.338 e. The molecule has 0 aliphatic heterocycles. The Morgan fingerprint density at radius 2 is 1.04 bits per heavy atom. The van der Waals surface area contributed by atoms with Crippen molar-refractivity contribution in [1.82, 2.24) is 0 Å². The lowest BCUT2D eigenvalue weighted by molar-refractivity contribution is -0.970. The van der Waals surface area contributed by atoms with E-state index in [1.807, 2.05) is 0 Å². The van der Waals surface area contributed by atoms with E-state index in [-0.39, 0.29) is 36.0 Å². The fourth-order valence-corrected chi connectivity index (χ4v) is 1.97. The van der Waals surface area contributed by atoms with Crippen LogP contribution in [0.2, 0.25) is 0 Å². The van der Waals surface area contributed by atoms with Crippen LogP contribution in [0.4, 0.5) is 0 Å². The molecule has 0 bridgehead atoms. The molecule has 8 heteroatoms. The minimum absolute atomic E-state index is 0.106. The molecule has 0 radical (unpaired) electrons. The van der Waals surface area contributed by atoms with Crippen LogP contribution in [-0.4, -0.2) is 48.0 Å². The van der Waals surface area contributed by atoms with Gasteiger partial charge in [0.15, 0.2) is 13.2 Å². The number of esters is 2. The van der Waals surface area contributed by atoms with E-state index in [0.29, 0.717) is 11.1 Å². The van der Waals surface area contributed by atoms with Crippen molar-refractivity contribution in [2.24, 2.45) is 0 Å². The zero-order valence-corrected chi connectivity index (χ0v) is 13.9. The van der Waals surface area contributed by atoms with Crippen LogP contribution in [-0.2, 0) is 9.47 Å². The number of benzene rings is 2. The predicted molar refractivity (Wildman–Crippen MR) is 90.4 cm³/mol. The summed E-state index contributed by atoms with van der Waals surface area (Å²) >= 11 is 0. The summed E-state index contributed by atoms with van der Waals surface area (Å²) in [5.74, 6) is -1.15. The number of carbonyl (C=O) groups is 2. The second-order valence-corrected chi connectivity index (χ2v) is 5.16. The van der Waals surface area contributed by atoms with Crippen LogP contribution in [0.5, 0.6) is 0 Å². The van der Waals surface area contributed by atoms with Gasteiger partial charge < -0.3 is 19.9 Å². The van der Waals surface area contributed by atoms with Crippen LogP contribution in [0.3, 0.4) is 0 Å². The van der Waals surface area contributed by atoms with E-state index in [1.165, 1.54) is 0 Å². The molecule has 26 heavy (non-hydrogen) atoms. The van der Waals surface area contributed by atoms with E-state index >= 15 is 0 Å². The highest BCUT2D eigenvalue weighted by atomic mass is 16.6. The van der Waals surface area contributed by atoms with Gasteiger partial charge in [0.1, 0.15) is 0 Å². The number of nitrogens with zero attached hydrogens (tertiary/aromatic N) is 2. The van der Waals surface area contributed by atoms with E-state index < -0.39 is 11.9 Å². The molecule has 0 aliphatic rings. The topological polar surface area (TPSA) is 105 Å². The van der Waals surface area contributed by atoms with Crippen molar-refractivity contribution < 1.29 is 28.8 Å². The van der Waals surface area contributed by atoms with Crippen molar-refractivity contribution >= 4 is 11.9 Å². The molecule has 0 saturated heterocycles. The van der Waals surface area contributed by atoms with Gasteiger partial charge in [-0.2, -0.15) is 0 Å². The normalized spacial score (nSPS) is 11.4. The number of ether oxygens (including phenoxy) is 2. The largest absolute Gasteiger partial charge is 0.567 e. The van der Waals surface area contributed by atoms with Crippen LogP contribution in [0, 0.1) is 10.4 Å². The first-order valence-electron chi connectivity index (χ1n) is 7.91. The van der Waals surface area contributed by atoms with Gasteiger partial charge in [0, 0.05) is 9.72 Å². The van der Waals surface area contributed by atoms with Crippen LogP contribution in [0.1, 0.15) is 20.7 Å². The lowest BCUT2D eigenvalue weighted by Gasteiger charge is -2.06. The van der Waals surface area contributed by atoms with E-state index in [9.17, 15) is 20.0 Å². The number of azo groups is 1. The minimum atomic E-state index is -0.576. The third-order valence-corrected chi connectivity index (χ3v) is 3.30. The van der Waals surface area contributed by atoms with Gasteiger partial charge in [0.05, 0.1) is 11.1 Å². The Morgan fingerprint density at radius 1 is 0.692 bits per heavy atom. The number of hydrogen-bond donors (Lipinski definition) is 0. The van der Waals surface area contributed by atoms with E-state index in [2.05, 4.69) is 0 Å². The maximum Gasteiger partial charge on any atom is 0.338 e. The van der Waals surface area contributed by atoms with Gasteiger partial charge in [0.25, 0.3) is 13.1 Å². The number of hydrogen-bond acceptors (Lipinski definition) is 6. The molecule has 0 amide bonds. The highest BCUT2D eigenvalue weighted by molar-refractivity contribution is 5.89. The molecular formula is C18H18N2O6. The summed E-state index contributed by atoms with van der Waals surface area (Å²) in [5.41, 5.74) is 0.716. The van der Waals surface area contributed by atoms with Crippen molar-refractivity contribution in [1.29, 1.82) is 0 Å².